The zero-order valence-electron chi connectivity index (χ0n) is 9.70. The van der Waals surface area contributed by atoms with Crippen molar-refractivity contribution < 1.29 is 0 Å². The van der Waals surface area contributed by atoms with Crippen LogP contribution >= 0.6 is 11.6 Å². The first kappa shape index (κ1) is 12.5. The molecular formula is C12H19ClN2. The fraction of sp³-hybridized carbons (Fsp3) is 0.500. The summed E-state index contributed by atoms with van der Waals surface area (Å²) in [5.74, 6) is 0. The van der Waals surface area contributed by atoms with Gasteiger partial charge in [0.15, 0.2) is 0 Å². The van der Waals surface area contributed by atoms with Gasteiger partial charge < -0.3 is 9.80 Å². The van der Waals surface area contributed by atoms with Crippen LogP contribution in [0.5, 0.6) is 0 Å². The van der Waals surface area contributed by atoms with Gasteiger partial charge in [0.05, 0.1) is 0 Å². The van der Waals surface area contributed by atoms with Crippen molar-refractivity contribution in [2.24, 2.45) is 0 Å². The molecule has 0 N–H and O–H groups in total. The molecule has 3 heteroatoms. The van der Waals surface area contributed by atoms with Crippen LogP contribution in [0.2, 0.25) is 5.02 Å². The van der Waals surface area contributed by atoms with Crippen molar-refractivity contribution in [3.63, 3.8) is 0 Å². The molecule has 0 unspecified atom stereocenters. The molecule has 0 saturated heterocycles. The second-order valence-corrected chi connectivity index (χ2v) is 4.60. The number of halogens is 1. The molecule has 0 amide bonds. The lowest BCUT2D eigenvalue weighted by Crippen LogP contribution is -2.28. The normalized spacial score (nSPS) is 11.3. The topological polar surface area (TPSA) is 6.48 Å². The summed E-state index contributed by atoms with van der Waals surface area (Å²) in [6.07, 6.45) is 0. The molecule has 0 aliphatic carbocycles. The van der Waals surface area contributed by atoms with E-state index in [2.05, 4.69) is 43.1 Å². The third-order valence-electron chi connectivity index (χ3n) is 2.29. The molecule has 1 aromatic rings. The van der Waals surface area contributed by atoms with Gasteiger partial charge in [-0.1, -0.05) is 23.7 Å². The molecule has 0 aromatic heterocycles. The average Bonchev–Trinajstić information content (AvgIpc) is 2.19. The number of hydrogen-bond donors (Lipinski definition) is 0. The van der Waals surface area contributed by atoms with E-state index in [9.17, 15) is 0 Å². The molecule has 0 heterocycles. The molecule has 0 saturated carbocycles. The van der Waals surface area contributed by atoms with Gasteiger partial charge >= 0.3 is 0 Å². The van der Waals surface area contributed by atoms with E-state index in [-0.39, 0.29) is 0 Å². The Morgan fingerprint density at radius 1 is 1.00 bits per heavy atom. The molecule has 0 bridgehead atoms. The highest BCUT2D eigenvalue weighted by atomic mass is 35.5. The first-order valence-electron chi connectivity index (χ1n) is 5.15. The summed E-state index contributed by atoms with van der Waals surface area (Å²) in [7, 11) is 6.32. The van der Waals surface area contributed by atoms with E-state index >= 15 is 0 Å². The number of benzene rings is 1. The fourth-order valence-corrected chi connectivity index (χ4v) is 1.48. The van der Waals surface area contributed by atoms with Gasteiger partial charge in [0.1, 0.15) is 0 Å². The van der Waals surface area contributed by atoms with E-state index in [1.54, 1.807) is 0 Å². The smallest absolute Gasteiger partial charge is 0.0406 e. The largest absolute Gasteiger partial charge is 0.308 e. The van der Waals surface area contributed by atoms with E-state index in [4.69, 9.17) is 11.6 Å². The monoisotopic (exact) mass is 226 g/mol. The lowest BCUT2D eigenvalue weighted by molar-refractivity contribution is 0.276. The standard InChI is InChI=1S/C12H19ClN2/c1-14(2)8-9-15(3)10-11-4-6-12(13)7-5-11/h4-7H,8-10H2,1-3H3. The Labute approximate surface area is 97.4 Å². The van der Waals surface area contributed by atoms with Crippen LogP contribution in [0.1, 0.15) is 5.56 Å². The summed E-state index contributed by atoms with van der Waals surface area (Å²) >= 11 is 5.83. The highest BCUT2D eigenvalue weighted by Gasteiger charge is 2.00. The summed E-state index contributed by atoms with van der Waals surface area (Å²) in [6.45, 7) is 3.14. The van der Waals surface area contributed by atoms with Crippen molar-refractivity contribution >= 4 is 11.6 Å². The maximum Gasteiger partial charge on any atom is 0.0406 e. The molecule has 1 rings (SSSR count). The van der Waals surface area contributed by atoms with Crippen LogP contribution in [0, 0.1) is 0 Å². The number of likely N-dealkylation sites (N-methyl/N-ethyl adjacent to an activating group) is 2. The molecule has 15 heavy (non-hydrogen) atoms. The number of nitrogens with zero attached hydrogens (tertiary/aromatic N) is 2. The predicted octanol–water partition coefficient (Wildman–Crippen LogP) is 2.33. The minimum atomic E-state index is 0.801. The third-order valence-corrected chi connectivity index (χ3v) is 2.55. The highest BCUT2D eigenvalue weighted by molar-refractivity contribution is 6.30. The van der Waals surface area contributed by atoms with Crippen molar-refractivity contribution in [1.82, 2.24) is 9.80 Å². The molecule has 84 valence electrons. The van der Waals surface area contributed by atoms with Gasteiger partial charge in [0, 0.05) is 24.7 Å². The molecule has 2 nitrogen and oxygen atoms in total. The van der Waals surface area contributed by atoms with E-state index in [1.165, 1.54) is 5.56 Å². The first-order valence-corrected chi connectivity index (χ1v) is 5.53. The lowest BCUT2D eigenvalue weighted by Gasteiger charge is -2.19. The Kier molecular flexibility index (Phi) is 5.09. The molecular weight excluding hydrogens is 208 g/mol. The first-order chi connectivity index (χ1) is 7.08. The van der Waals surface area contributed by atoms with Gasteiger partial charge in [0.2, 0.25) is 0 Å². The SMILES string of the molecule is CN(C)CCN(C)Cc1ccc(Cl)cc1. The number of rotatable bonds is 5. The van der Waals surface area contributed by atoms with Gasteiger partial charge in [0.25, 0.3) is 0 Å². The van der Waals surface area contributed by atoms with Crippen molar-refractivity contribution in [2.45, 2.75) is 6.54 Å². The average molecular weight is 227 g/mol. The van der Waals surface area contributed by atoms with Gasteiger partial charge in [-0.05, 0) is 38.8 Å². The van der Waals surface area contributed by atoms with Crippen LogP contribution < -0.4 is 0 Å². The summed E-state index contributed by atoms with van der Waals surface area (Å²) in [4.78, 5) is 4.50. The van der Waals surface area contributed by atoms with E-state index in [1.807, 2.05) is 12.1 Å². The van der Waals surface area contributed by atoms with Gasteiger partial charge in [-0.3, -0.25) is 0 Å². The van der Waals surface area contributed by atoms with E-state index in [0.717, 1.165) is 24.7 Å². The van der Waals surface area contributed by atoms with Gasteiger partial charge in [-0.2, -0.15) is 0 Å². The Bertz CT molecular complexity index is 282. The van der Waals surface area contributed by atoms with Gasteiger partial charge in [-0.15, -0.1) is 0 Å². The van der Waals surface area contributed by atoms with Crippen LogP contribution in [0.25, 0.3) is 0 Å². The van der Waals surface area contributed by atoms with E-state index in [0.29, 0.717) is 0 Å². The van der Waals surface area contributed by atoms with Crippen LogP contribution in [-0.4, -0.2) is 44.0 Å². The summed E-state index contributed by atoms with van der Waals surface area (Å²) in [6, 6.07) is 8.04. The number of hydrogen-bond acceptors (Lipinski definition) is 2. The Hall–Kier alpha value is -0.570. The van der Waals surface area contributed by atoms with Crippen molar-refractivity contribution in [2.75, 3.05) is 34.2 Å². The minimum Gasteiger partial charge on any atom is -0.308 e. The minimum absolute atomic E-state index is 0.801. The van der Waals surface area contributed by atoms with Crippen molar-refractivity contribution in [3.8, 4) is 0 Å². The molecule has 0 radical (unpaired) electrons. The maximum absolute atomic E-state index is 5.83. The van der Waals surface area contributed by atoms with Crippen LogP contribution in [0.4, 0.5) is 0 Å². The second kappa shape index (κ2) is 6.11. The van der Waals surface area contributed by atoms with Crippen molar-refractivity contribution in [3.05, 3.63) is 34.9 Å². The maximum atomic E-state index is 5.83. The van der Waals surface area contributed by atoms with Crippen LogP contribution in [0.15, 0.2) is 24.3 Å². The van der Waals surface area contributed by atoms with Crippen LogP contribution in [0.3, 0.4) is 0 Å². The summed E-state index contributed by atoms with van der Waals surface area (Å²) < 4.78 is 0. The zero-order chi connectivity index (χ0) is 11.3. The van der Waals surface area contributed by atoms with Gasteiger partial charge in [-0.25, -0.2) is 0 Å². The molecule has 0 fully saturated rings. The fourth-order valence-electron chi connectivity index (χ4n) is 1.35. The molecule has 0 spiro atoms. The Balaban J connectivity index is 2.37. The Morgan fingerprint density at radius 2 is 1.60 bits per heavy atom. The molecule has 1 aromatic carbocycles. The van der Waals surface area contributed by atoms with Crippen molar-refractivity contribution in [1.29, 1.82) is 0 Å². The summed E-state index contributed by atoms with van der Waals surface area (Å²) in [5, 5.41) is 0.801. The zero-order valence-corrected chi connectivity index (χ0v) is 10.5. The second-order valence-electron chi connectivity index (χ2n) is 4.17. The van der Waals surface area contributed by atoms with Crippen LogP contribution in [-0.2, 0) is 6.54 Å². The molecule has 0 aliphatic heterocycles. The quantitative estimate of drug-likeness (QED) is 0.761. The molecule has 0 aliphatic rings. The summed E-state index contributed by atoms with van der Waals surface area (Å²) in [5.41, 5.74) is 1.31. The Morgan fingerprint density at radius 3 is 2.13 bits per heavy atom. The third kappa shape index (κ3) is 5.17. The predicted molar refractivity (Wildman–Crippen MR) is 66.3 cm³/mol. The lowest BCUT2D eigenvalue weighted by atomic mass is 10.2. The van der Waals surface area contributed by atoms with E-state index < -0.39 is 0 Å². The highest BCUT2D eigenvalue weighted by Crippen LogP contribution is 2.10. The molecule has 0 atom stereocenters.